The fraction of sp³-hybridized carbons (Fsp3) is 0.583. The Morgan fingerprint density at radius 1 is 1.33 bits per heavy atom. The maximum atomic E-state index is 5.98. The van der Waals surface area contributed by atoms with Crippen molar-refractivity contribution in [2.75, 3.05) is 17.2 Å². The van der Waals surface area contributed by atoms with Gasteiger partial charge in [-0.2, -0.15) is 0 Å². The van der Waals surface area contributed by atoms with Crippen LogP contribution >= 0.6 is 0 Å². The van der Waals surface area contributed by atoms with Gasteiger partial charge in [0.15, 0.2) is 5.82 Å². The minimum atomic E-state index is 0.711. The standard InChI is InChI=1S/C12H17N3/c13-11-2-1-7-14-12(11)15(10-5-6-10)8-9-3-4-9/h1-2,7,9-10H,3-6,8,13H2. The minimum absolute atomic E-state index is 0.711. The molecule has 0 amide bonds. The normalized spacial score (nSPS) is 20.3. The van der Waals surface area contributed by atoms with E-state index in [1.807, 2.05) is 18.3 Å². The quantitative estimate of drug-likeness (QED) is 0.814. The molecular formula is C12H17N3. The molecule has 15 heavy (non-hydrogen) atoms. The van der Waals surface area contributed by atoms with Crippen LogP contribution in [0.1, 0.15) is 25.7 Å². The first-order valence-corrected chi connectivity index (χ1v) is 5.82. The zero-order valence-electron chi connectivity index (χ0n) is 8.89. The molecule has 0 bridgehead atoms. The lowest BCUT2D eigenvalue weighted by molar-refractivity contribution is 0.710. The van der Waals surface area contributed by atoms with Gasteiger partial charge in [-0.05, 0) is 43.7 Å². The van der Waals surface area contributed by atoms with E-state index < -0.39 is 0 Å². The lowest BCUT2D eigenvalue weighted by Crippen LogP contribution is -2.29. The van der Waals surface area contributed by atoms with Crippen molar-refractivity contribution < 1.29 is 0 Å². The molecule has 80 valence electrons. The van der Waals surface area contributed by atoms with Crippen LogP contribution in [-0.4, -0.2) is 17.6 Å². The summed E-state index contributed by atoms with van der Waals surface area (Å²) in [5.74, 6) is 1.90. The summed E-state index contributed by atoms with van der Waals surface area (Å²) in [4.78, 5) is 6.85. The zero-order chi connectivity index (χ0) is 10.3. The highest BCUT2D eigenvalue weighted by atomic mass is 15.2. The number of hydrogen-bond donors (Lipinski definition) is 1. The Balaban J connectivity index is 1.83. The van der Waals surface area contributed by atoms with Crippen LogP contribution in [0.4, 0.5) is 11.5 Å². The molecule has 3 nitrogen and oxygen atoms in total. The van der Waals surface area contributed by atoms with Gasteiger partial charge in [0.05, 0.1) is 5.69 Å². The van der Waals surface area contributed by atoms with E-state index in [-0.39, 0.29) is 0 Å². The Morgan fingerprint density at radius 2 is 2.13 bits per heavy atom. The summed E-state index contributed by atoms with van der Waals surface area (Å²) in [6.07, 6.45) is 7.23. The Hall–Kier alpha value is -1.25. The van der Waals surface area contributed by atoms with Crippen LogP contribution in [0.3, 0.4) is 0 Å². The van der Waals surface area contributed by atoms with Gasteiger partial charge in [-0.25, -0.2) is 4.98 Å². The largest absolute Gasteiger partial charge is 0.396 e. The van der Waals surface area contributed by atoms with E-state index in [0.29, 0.717) is 6.04 Å². The van der Waals surface area contributed by atoms with E-state index in [4.69, 9.17) is 5.73 Å². The number of rotatable bonds is 4. The molecule has 0 atom stereocenters. The fourth-order valence-electron chi connectivity index (χ4n) is 2.02. The van der Waals surface area contributed by atoms with Gasteiger partial charge in [-0.3, -0.25) is 0 Å². The lowest BCUT2D eigenvalue weighted by Gasteiger charge is -2.24. The van der Waals surface area contributed by atoms with E-state index in [9.17, 15) is 0 Å². The number of nitrogens with two attached hydrogens (primary N) is 1. The SMILES string of the molecule is Nc1cccnc1N(CC1CC1)C1CC1. The van der Waals surface area contributed by atoms with Crippen LogP contribution in [0, 0.1) is 5.92 Å². The van der Waals surface area contributed by atoms with Crippen LogP contribution in [0.5, 0.6) is 0 Å². The third kappa shape index (κ3) is 1.91. The minimum Gasteiger partial charge on any atom is -0.396 e. The predicted octanol–water partition coefficient (Wildman–Crippen LogP) is 2.04. The van der Waals surface area contributed by atoms with Crippen LogP contribution in [0.15, 0.2) is 18.3 Å². The van der Waals surface area contributed by atoms with Gasteiger partial charge in [0.25, 0.3) is 0 Å². The van der Waals surface area contributed by atoms with Crippen LogP contribution in [0.2, 0.25) is 0 Å². The van der Waals surface area contributed by atoms with E-state index in [2.05, 4.69) is 9.88 Å². The van der Waals surface area contributed by atoms with E-state index in [1.54, 1.807) is 0 Å². The summed E-state index contributed by atoms with van der Waals surface area (Å²) in [6.45, 7) is 1.16. The average Bonchev–Trinajstić information content (AvgIpc) is 3.10. The summed E-state index contributed by atoms with van der Waals surface area (Å²) in [5.41, 5.74) is 6.80. The lowest BCUT2D eigenvalue weighted by atomic mass is 10.3. The summed E-state index contributed by atoms with van der Waals surface area (Å²) in [6, 6.07) is 4.56. The van der Waals surface area contributed by atoms with Crippen LogP contribution < -0.4 is 10.6 Å². The van der Waals surface area contributed by atoms with Gasteiger partial charge in [-0.1, -0.05) is 0 Å². The molecule has 0 spiro atoms. The van der Waals surface area contributed by atoms with Gasteiger partial charge >= 0.3 is 0 Å². The molecule has 3 heteroatoms. The summed E-state index contributed by atoms with van der Waals surface area (Å²) in [5, 5.41) is 0. The first-order valence-electron chi connectivity index (χ1n) is 5.82. The predicted molar refractivity (Wildman–Crippen MR) is 61.7 cm³/mol. The summed E-state index contributed by atoms with van der Waals surface area (Å²) < 4.78 is 0. The van der Waals surface area contributed by atoms with Crippen LogP contribution in [-0.2, 0) is 0 Å². The molecular weight excluding hydrogens is 186 g/mol. The Morgan fingerprint density at radius 3 is 2.73 bits per heavy atom. The number of aromatic nitrogens is 1. The maximum absolute atomic E-state index is 5.98. The van der Waals surface area contributed by atoms with Crippen molar-refractivity contribution in [2.24, 2.45) is 5.92 Å². The molecule has 0 saturated heterocycles. The molecule has 0 aliphatic heterocycles. The van der Waals surface area contributed by atoms with Gasteiger partial charge in [0.1, 0.15) is 0 Å². The average molecular weight is 203 g/mol. The van der Waals surface area contributed by atoms with Gasteiger partial charge in [0, 0.05) is 18.8 Å². The van der Waals surface area contributed by atoms with Crippen molar-refractivity contribution in [2.45, 2.75) is 31.7 Å². The Kier molecular flexibility index (Phi) is 2.04. The van der Waals surface area contributed by atoms with Crippen molar-refractivity contribution >= 4 is 11.5 Å². The molecule has 1 aromatic rings. The van der Waals surface area contributed by atoms with Crippen molar-refractivity contribution in [3.8, 4) is 0 Å². The van der Waals surface area contributed by atoms with Crippen molar-refractivity contribution in [1.82, 2.24) is 4.98 Å². The number of anilines is 2. The number of pyridine rings is 1. The van der Waals surface area contributed by atoms with E-state index in [1.165, 1.54) is 25.7 Å². The molecule has 0 unspecified atom stereocenters. The summed E-state index contributed by atoms with van der Waals surface area (Å²) >= 11 is 0. The number of nitrogen functional groups attached to an aromatic ring is 1. The monoisotopic (exact) mass is 203 g/mol. The van der Waals surface area contributed by atoms with Crippen LogP contribution in [0.25, 0.3) is 0 Å². The summed E-state index contributed by atoms with van der Waals surface area (Å²) in [7, 11) is 0. The number of hydrogen-bond acceptors (Lipinski definition) is 3. The molecule has 2 aliphatic rings. The first-order chi connectivity index (χ1) is 7.34. The van der Waals surface area contributed by atoms with Crippen molar-refractivity contribution in [1.29, 1.82) is 0 Å². The molecule has 1 heterocycles. The molecule has 0 radical (unpaired) electrons. The van der Waals surface area contributed by atoms with Crippen molar-refractivity contribution in [3.05, 3.63) is 18.3 Å². The molecule has 0 aromatic carbocycles. The van der Waals surface area contributed by atoms with Crippen molar-refractivity contribution in [3.63, 3.8) is 0 Å². The topological polar surface area (TPSA) is 42.1 Å². The second-order valence-electron chi connectivity index (χ2n) is 4.74. The highest BCUT2D eigenvalue weighted by Gasteiger charge is 2.35. The smallest absolute Gasteiger partial charge is 0.152 e. The highest BCUT2D eigenvalue weighted by molar-refractivity contribution is 5.63. The second-order valence-corrected chi connectivity index (χ2v) is 4.74. The van der Waals surface area contributed by atoms with E-state index in [0.717, 1.165) is 24.0 Å². The molecule has 1 aromatic heterocycles. The Labute approximate surface area is 90.3 Å². The molecule has 2 saturated carbocycles. The molecule has 2 N–H and O–H groups in total. The number of nitrogens with zero attached hydrogens (tertiary/aromatic N) is 2. The van der Waals surface area contributed by atoms with E-state index >= 15 is 0 Å². The third-order valence-electron chi connectivity index (χ3n) is 3.23. The highest BCUT2D eigenvalue weighted by Crippen LogP contribution is 2.38. The molecule has 3 rings (SSSR count). The van der Waals surface area contributed by atoms with Gasteiger partial charge in [-0.15, -0.1) is 0 Å². The van der Waals surface area contributed by atoms with Gasteiger partial charge < -0.3 is 10.6 Å². The fourth-order valence-corrected chi connectivity index (χ4v) is 2.02. The Bertz CT molecular complexity index is 356. The first kappa shape index (κ1) is 9.01. The maximum Gasteiger partial charge on any atom is 0.152 e. The molecule has 2 aliphatic carbocycles. The van der Waals surface area contributed by atoms with Gasteiger partial charge in [0.2, 0.25) is 0 Å². The third-order valence-corrected chi connectivity index (χ3v) is 3.23. The second kappa shape index (κ2) is 3.40. The zero-order valence-corrected chi connectivity index (χ0v) is 8.89. The molecule has 2 fully saturated rings.